The number of likely N-dealkylation sites (tertiary alicyclic amines) is 1. The molecule has 3 aromatic rings. The van der Waals surface area contributed by atoms with Gasteiger partial charge in [-0.2, -0.15) is 0 Å². The number of hydrogen-bond donors (Lipinski definition) is 16. The van der Waals surface area contributed by atoms with Gasteiger partial charge in [0.1, 0.15) is 60.1 Å². The van der Waals surface area contributed by atoms with Crippen molar-refractivity contribution in [1.29, 1.82) is 0 Å². The van der Waals surface area contributed by atoms with Crippen LogP contribution in [-0.4, -0.2) is 182 Å². The summed E-state index contributed by atoms with van der Waals surface area (Å²) >= 11 is 0. The fraction of sp³-hybridized carbons (Fsp3) is 0.583. The Hall–Kier alpha value is -8.21. The van der Waals surface area contributed by atoms with E-state index in [9.17, 15) is 73.2 Å². The summed E-state index contributed by atoms with van der Waals surface area (Å²) in [6, 6.07) is -0.826. The van der Waals surface area contributed by atoms with Crippen LogP contribution in [0.15, 0.2) is 54.7 Å². The quantitative estimate of drug-likeness (QED) is 0.0293. The summed E-state index contributed by atoms with van der Waals surface area (Å²) in [5, 5.41) is 62.2. The van der Waals surface area contributed by atoms with Crippen molar-refractivity contribution in [3.05, 3.63) is 65.9 Å². The van der Waals surface area contributed by atoms with E-state index in [4.69, 9.17) is 17.2 Å². The number of nitrogens with zero attached hydrogens (tertiary/aromatic N) is 1. The number of nitrogens with one attached hydrogen (secondary N) is 9. The lowest BCUT2D eigenvalue weighted by Crippen LogP contribution is -2.63. The lowest BCUT2D eigenvalue weighted by Gasteiger charge is -2.31. The van der Waals surface area contributed by atoms with Gasteiger partial charge in [-0.05, 0) is 112 Å². The minimum Gasteiger partial charge on any atom is -0.508 e. The Morgan fingerprint density at radius 2 is 1.24 bits per heavy atom. The molecule has 88 heavy (non-hydrogen) atoms. The van der Waals surface area contributed by atoms with Crippen molar-refractivity contribution < 1.29 is 73.2 Å². The highest BCUT2D eigenvalue weighted by Gasteiger charge is 2.41. The third-order valence-corrected chi connectivity index (χ3v) is 15.4. The van der Waals surface area contributed by atoms with Crippen LogP contribution in [0.2, 0.25) is 0 Å². The molecular weight excluding hydrogens is 1140 g/mol. The maximum atomic E-state index is 14.6. The number of phenols is 1. The Morgan fingerprint density at radius 1 is 0.670 bits per heavy atom. The first-order valence-corrected chi connectivity index (χ1v) is 29.9. The maximum Gasteiger partial charge on any atom is 0.326 e. The van der Waals surface area contributed by atoms with Gasteiger partial charge in [-0.1, -0.05) is 78.3 Å². The molecule has 10 amide bonds. The van der Waals surface area contributed by atoms with Crippen LogP contribution in [-0.2, 0) is 65.6 Å². The van der Waals surface area contributed by atoms with Crippen LogP contribution >= 0.6 is 0 Å². The van der Waals surface area contributed by atoms with Crippen molar-refractivity contribution in [2.45, 2.75) is 186 Å². The minimum absolute atomic E-state index is 0.00478. The molecule has 1 saturated heterocycles. The van der Waals surface area contributed by atoms with Gasteiger partial charge in [0.15, 0.2) is 0 Å². The number of aliphatic carboxylic acids is 1. The van der Waals surface area contributed by atoms with E-state index >= 15 is 0 Å². The SMILES string of the molecule is CC[C@H](C)[C@H](NC(=O)[C@@H](NC(=O)[C@H](Cc1c[nH]c2ccccc12)NC(=O)[C@H](CO)NC(=O)[C@H](CCCCN)NC(=O)[C@@H]1CCCN1C(=O)[C@H](CC(C)C)NC(=O)[C@@H](N)Cc1ccc(O)cc1)[C@@H](C)O)C(=O)N[C@@H](CCC(N)=O)C(=O)N[C@H](C(=O)O)C(C)C. The van der Waals surface area contributed by atoms with Crippen LogP contribution in [0.5, 0.6) is 5.75 Å². The Morgan fingerprint density at radius 3 is 1.84 bits per heavy atom. The first kappa shape index (κ1) is 72.3. The second kappa shape index (κ2) is 35.0. The molecule has 486 valence electrons. The van der Waals surface area contributed by atoms with Gasteiger partial charge in [0, 0.05) is 36.5 Å². The van der Waals surface area contributed by atoms with Gasteiger partial charge in [0.2, 0.25) is 59.1 Å². The van der Waals surface area contributed by atoms with Crippen molar-refractivity contribution in [2.24, 2.45) is 35.0 Å². The summed E-state index contributed by atoms with van der Waals surface area (Å²) < 4.78 is 0. The number of phenolic OH excluding ortho intramolecular Hbond substituents is 1. The van der Waals surface area contributed by atoms with Crippen molar-refractivity contribution in [1.82, 2.24) is 52.4 Å². The molecule has 12 atom stereocenters. The van der Waals surface area contributed by atoms with Gasteiger partial charge in [-0.15, -0.1) is 0 Å². The van der Waals surface area contributed by atoms with Gasteiger partial charge < -0.3 is 90.0 Å². The highest BCUT2D eigenvalue weighted by atomic mass is 16.4. The highest BCUT2D eigenvalue weighted by Crippen LogP contribution is 2.23. The monoisotopic (exact) mass is 1230 g/mol. The molecule has 0 spiro atoms. The van der Waals surface area contributed by atoms with Crippen molar-refractivity contribution >= 4 is 75.9 Å². The summed E-state index contributed by atoms with van der Waals surface area (Å²) in [7, 11) is 0. The second-order valence-corrected chi connectivity index (χ2v) is 23.3. The molecule has 28 nitrogen and oxygen atoms in total. The molecule has 1 aliphatic rings. The molecular formula is C60H91N13O15. The average Bonchev–Trinajstić information content (AvgIpc) is 2.03. The zero-order valence-electron chi connectivity index (χ0n) is 51.1. The molecule has 4 rings (SSSR count). The Kier molecular flexibility index (Phi) is 28.7. The van der Waals surface area contributed by atoms with E-state index in [-0.39, 0.29) is 76.1 Å². The smallest absolute Gasteiger partial charge is 0.326 e. The lowest BCUT2D eigenvalue weighted by atomic mass is 9.96. The number of hydrogen-bond acceptors (Lipinski definition) is 16. The fourth-order valence-electron chi connectivity index (χ4n) is 10.1. The second-order valence-electron chi connectivity index (χ2n) is 23.3. The van der Waals surface area contributed by atoms with E-state index in [0.29, 0.717) is 41.3 Å². The third-order valence-electron chi connectivity index (χ3n) is 15.4. The minimum atomic E-state index is -1.82. The predicted octanol–water partition coefficient (Wildman–Crippen LogP) is -1.54. The third kappa shape index (κ3) is 21.6. The Bertz CT molecular complexity index is 2880. The van der Waals surface area contributed by atoms with Gasteiger partial charge in [0.25, 0.3) is 0 Å². The largest absolute Gasteiger partial charge is 0.508 e. The molecule has 19 N–H and O–H groups in total. The van der Waals surface area contributed by atoms with Crippen molar-refractivity contribution in [3.63, 3.8) is 0 Å². The van der Waals surface area contributed by atoms with Crippen molar-refractivity contribution in [2.75, 3.05) is 19.7 Å². The van der Waals surface area contributed by atoms with E-state index in [1.54, 1.807) is 70.3 Å². The van der Waals surface area contributed by atoms with E-state index < -0.39 is 150 Å². The van der Waals surface area contributed by atoms with Gasteiger partial charge in [-0.25, -0.2) is 4.79 Å². The lowest BCUT2D eigenvalue weighted by molar-refractivity contribution is -0.144. The number of nitrogens with two attached hydrogens (primary N) is 3. The summed E-state index contributed by atoms with van der Waals surface area (Å²) in [4.78, 5) is 155. The maximum absolute atomic E-state index is 14.6. The number of aromatic nitrogens is 1. The normalized spacial score (nSPS) is 16.9. The number of aliphatic hydroxyl groups is 2. The zero-order valence-corrected chi connectivity index (χ0v) is 51.1. The molecule has 2 aromatic carbocycles. The zero-order chi connectivity index (χ0) is 65.5. The van der Waals surface area contributed by atoms with Crippen LogP contribution in [0.3, 0.4) is 0 Å². The predicted molar refractivity (Wildman–Crippen MR) is 323 cm³/mol. The number of carbonyl (C=O) groups excluding carboxylic acids is 10. The molecule has 28 heteroatoms. The number of rotatable bonds is 36. The first-order valence-electron chi connectivity index (χ1n) is 29.9. The number of unbranched alkanes of at least 4 members (excludes halogenated alkanes) is 1. The van der Waals surface area contributed by atoms with Crippen LogP contribution in [0, 0.1) is 17.8 Å². The van der Waals surface area contributed by atoms with Crippen LogP contribution in [0.1, 0.15) is 117 Å². The molecule has 0 unspecified atom stereocenters. The molecule has 0 radical (unpaired) electrons. The van der Waals surface area contributed by atoms with E-state index in [0.717, 1.165) is 0 Å². The molecule has 1 fully saturated rings. The van der Waals surface area contributed by atoms with Gasteiger partial charge in [0.05, 0.1) is 18.8 Å². The standard InChI is InChI=1S/C60H91N13O15/c1-8-33(6)49(57(84)66-42(22-23-47(63)77)53(80)70-48(32(4)5)60(87)88)71-58(85)50(34(7)75)72-54(81)43(28-36-29-64-40-15-10-9-14-38(36)40)67-55(82)45(30-74)69-52(79)41(16-11-12-24-61)65-56(83)46-17-13-25-73(46)59(86)44(26-31(2)3)68-51(78)39(62)27-35-18-20-37(76)21-19-35/h9-10,14-15,18-21,29,31-34,39,41-46,48-50,64,74-76H,8,11-13,16-17,22-28,30,61-62H2,1-7H3,(H2,63,77)(H,65,83)(H,66,84)(H,67,82)(H,68,78)(H,69,79)(H,70,80)(H,71,85)(H,72,81)(H,87,88)/t33-,34+,39-,41-,42-,43-,44-,45-,46-,48-,49-,50-/m0/s1. The molecule has 1 aliphatic heterocycles. The number of carbonyl (C=O) groups is 11. The molecule has 2 heterocycles. The van der Waals surface area contributed by atoms with Crippen molar-refractivity contribution in [3.8, 4) is 5.75 Å². The van der Waals surface area contributed by atoms with E-state index in [2.05, 4.69) is 47.5 Å². The van der Waals surface area contributed by atoms with Crippen LogP contribution in [0.4, 0.5) is 0 Å². The number of primary amides is 1. The summed E-state index contributed by atoms with van der Waals surface area (Å²) in [6.45, 7) is 10.7. The molecule has 0 aliphatic carbocycles. The molecule has 0 bridgehead atoms. The number of benzene rings is 2. The highest BCUT2D eigenvalue weighted by molar-refractivity contribution is 5.99. The van der Waals surface area contributed by atoms with Gasteiger partial charge >= 0.3 is 5.97 Å². The summed E-state index contributed by atoms with van der Waals surface area (Å²) in [5.41, 5.74) is 19.2. The number of H-pyrrole nitrogens is 1. The molecule has 0 saturated carbocycles. The number of aromatic hydroxyl groups is 1. The molecule has 1 aromatic heterocycles. The van der Waals surface area contributed by atoms with E-state index in [1.807, 2.05) is 13.8 Å². The summed E-state index contributed by atoms with van der Waals surface area (Å²) in [5.74, 6) is -11.3. The topological polar surface area (TPSA) is 462 Å². The first-order chi connectivity index (χ1) is 41.6. The fourth-order valence-corrected chi connectivity index (χ4v) is 10.1. The number of aliphatic hydroxyl groups excluding tert-OH is 2. The number of fused-ring (bicyclic) bond motifs is 1. The number of amides is 10. The Balaban J connectivity index is 1.56. The van der Waals surface area contributed by atoms with Crippen LogP contribution in [0.25, 0.3) is 10.9 Å². The van der Waals surface area contributed by atoms with Gasteiger partial charge in [-0.3, -0.25) is 47.9 Å². The number of carboxylic acids is 1. The van der Waals surface area contributed by atoms with Crippen LogP contribution < -0.4 is 59.7 Å². The summed E-state index contributed by atoms with van der Waals surface area (Å²) in [6.07, 6.45) is 0.899. The average molecular weight is 1230 g/mol. The van der Waals surface area contributed by atoms with E-state index in [1.165, 1.54) is 24.0 Å². The number of carboxylic acid groups (broad SMARTS) is 1. The number of aromatic amines is 1. The Labute approximate surface area is 511 Å². The number of para-hydroxylation sites is 1.